The highest BCUT2D eigenvalue weighted by Crippen LogP contribution is 2.18. The van der Waals surface area contributed by atoms with Crippen LogP contribution in [0.1, 0.15) is 24.6 Å². The fourth-order valence-corrected chi connectivity index (χ4v) is 3.12. The molecular weight excluding hydrogens is 364 g/mol. The van der Waals surface area contributed by atoms with Crippen LogP contribution in [0.25, 0.3) is 6.08 Å². The fraction of sp³-hybridized carbons (Fsp3) is 0.350. The summed E-state index contributed by atoms with van der Waals surface area (Å²) >= 11 is 5.94. The molecular formula is C20H23ClN4O2. The number of hydrogen-bond acceptors (Lipinski definition) is 6. The van der Waals surface area contributed by atoms with Crippen molar-refractivity contribution < 1.29 is 9.53 Å². The van der Waals surface area contributed by atoms with Crippen molar-refractivity contribution in [2.75, 3.05) is 25.0 Å². The molecule has 2 heterocycles. The van der Waals surface area contributed by atoms with Gasteiger partial charge in [-0.05, 0) is 37.1 Å². The van der Waals surface area contributed by atoms with Crippen molar-refractivity contribution >= 4 is 29.5 Å². The van der Waals surface area contributed by atoms with E-state index in [4.69, 9.17) is 16.3 Å². The molecule has 1 saturated heterocycles. The van der Waals surface area contributed by atoms with Crippen molar-refractivity contribution in [3.05, 3.63) is 59.0 Å². The molecule has 2 aromatic rings. The lowest BCUT2D eigenvalue weighted by Gasteiger charge is -2.17. The van der Waals surface area contributed by atoms with E-state index in [1.54, 1.807) is 25.4 Å². The maximum absolute atomic E-state index is 11.3. The molecule has 142 valence electrons. The van der Waals surface area contributed by atoms with Crippen molar-refractivity contribution in [2.24, 2.45) is 0 Å². The number of hydrogen-bond donors (Lipinski definition) is 1. The summed E-state index contributed by atoms with van der Waals surface area (Å²) in [6.07, 6.45) is 7.33. The summed E-state index contributed by atoms with van der Waals surface area (Å²) in [7, 11) is 0. The summed E-state index contributed by atoms with van der Waals surface area (Å²) in [5, 5.41) is 4.19. The Kier molecular flexibility index (Phi) is 6.79. The van der Waals surface area contributed by atoms with Gasteiger partial charge in [-0.15, -0.1) is 0 Å². The number of halogens is 1. The minimum Gasteiger partial charge on any atom is -0.463 e. The number of rotatable bonds is 7. The Balaban J connectivity index is 1.48. The van der Waals surface area contributed by atoms with Crippen molar-refractivity contribution in [1.82, 2.24) is 14.9 Å². The van der Waals surface area contributed by atoms with Gasteiger partial charge in [0.05, 0.1) is 24.7 Å². The molecule has 0 unspecified atom stereocenters. The lowest BCUT2D eigenvalue weighted by Crippen LogP contribution is -2.26. The van der Waals surface area contributed by atoms with Gasteiger partial charge < -0.3 is 10.1 Å². The van der Waals surface area contributed by atoms with Crippen LogP contribution < -0.4 is 5.32 Å². The highest BCUT2D eigenvalue weighted by Gasteiger charge is 2.22. The second-order valence-corrected chi connectivity index (χ2v) is 6.84. The van der Waals surface area contributed by atoms with Gasteiger partial charge in [0, 0.05) is 36.8 Å². The topological polar surface area (TPSA) is 67.3 Å². The third-order valence-electron chi connectivity index (χ3n) is 4.29. The second-order valence-electron chi connectivity index (χ2n) is 6.40. The van der Waals surface area contributed by atoms with E-state index in [0.717, 1.165) is 36.9 Å². The predicted octanol–water partition coefficient (Wildman–Crippen LogP) is 3.39. The molecule has 1 aliphatic rings. The van der Waals surface area contributed by atoms with Gasteiger partial charge in [0.1, 0.15) is 5.82 Å². The van der Waals surface area contributed by atoms with Gasteiger partial charge in [0.15, 0.2) is 0 Å². The molecule has 1 N–H and O–H groups in total. The highest BCUT2D eigenvalue weighted by atomic mass is 35.5. The van der Waals surface area contributed by atoms with E-state index in [9.17, 15) is 4.79 Å². The molecule has 0 radical (unpaired) electrons. The Hall–Kier alpha value is -2.44. The molecule has 1 aromatic carbocycles. The predicted molar refractivity (Wildman–Crippen MR) is 106 cm³/mol. The molecule has 0 aliphatic carbocycles. The van der Waals surface area contributed by atoms with Crippen molar-refractivity contribution in [1.29, 1.82) is 0 Å². The molecule has 1 aromatic heterocycles. The first-order chi connectivity index (χ1) is 13.1. The van der Waals surface area contributed by atoms with Gasteiger partial charge in [-0.2, -0.15) is 0 Å². The van der Waals surface area contributed by atoms with Gasteiger partial charge in [0.25, 0.3) is 0 Å². The molecule has 1 aliphatic heterocycles. The standard InChI is InChI=1S/C20H23ClN4O2/c1-2-27-20(26)8-7-17-11-23-19(12-22-17)24-18-9-10-25(14-18)13-15-3-5-16(21)6-4-15/h3-8,11-12,18H,2,9-10,13-14H2,1H3,(H,23,24)/b8-7+/t18-/m1/s1. The third-order valence-corrected chi connectivity index (χ3v) is 4.54. The van der Waals surface area contributed by atoms with Gasteiger partial charge in [-0.25, -0.2) is 9.78 Å². The zero-order valence-corrected chi connectivity index (χ0v) is 16.0. The van der Waals surface area contributed by atoms with Crippen LogP contribution in [0.2, 0.25) is 5.02 Å². The normalized spacial score (nSPS) is 17.3. The summed E-state index contributed by atoms with van der Waals surface area (Å²) in [6.45, 7) is 5.03. The SMILES string of the molecule is CCOC(=O)/C=C/c1cnc(N[C@@H]2CCN(Cc3ccc(Cl)cc3)C2)cn1. The van der Waals surface area contributed by atoms with Crippen LogP contribution in [-0.4, -0.2) is 46.6 Å². The largest absolute Gasteiger partial charge is 0.463 e. The van der Waals surface area contributed by atoms with Gasteiger partial charge in [0.2, 0.25) is 0 Å². The molecule has 0 saturated carbocycles. The molecule has 7 heteroatoms. The number of likely N-dealkylation sites (tertiary alicyclic amines) is 1. The highest BCUT2D eigenvalue weighted by molar-refractivity contribution is 6.30. The van der Waals surface area contributed by atoms with E-state index in [1.165, 1.54) is 11.6 Å². The quantitative estimate of drug-likeness (QED) is 0.581. The number of anilines is 1. The van der Waals surface area contributed by atoms with Crippen LogP contribution in [0.15, 0.2) is 42.7 Å². The van der Waals surface area contributed by atoms with Crippen LogP contribution in [0, 0.1) is 0 Å². The Bertz CT molecular complexity index is 778. The molecule has 0 bridgehead atoms. The second kappa shape index (κ2) is 9.48. The Morgan fingerprint density at radius 1 is 1.33 bits per heavy atom. The number of aromatic nitrogens is 2. The Labute approximate surface area is 164 Å². The lowest BCUT2D eigenvalue weighted by atomic mass is 10.2. The number of nitrogens with one attached hydrogen (secondary N) is 1. The minimum absolute atomic E-state index is 0.340. The smallest absolute Gasteiger partial charge is 0.330 e. The first kappa shape index (κ1) is 19.3. The van der Waals surface area contributed by atoms with Crippen LogP contribution in [0.3, 0.4) is 0 Å². The van der Waals surface area contributed by atoms with Crippen molar-refractivity contribution in [3.63, 3.8) is 0 Å². The summed E-state index contributed by atoms with van der Waals surface area (Å²) < 4.78 is 4.84. The van der Waals surface area contributed by atoms with Crippen LogP contribution in [0.4, 0.5) is 5.82 Å². The van der Waals surface area contributed by atoms with Crippen LogP contribution >= 0.6 is 11.6 Å². The van der Waals surface area contributed by atoms with E-state index in [-0.39, 0.29) is 5.97 Å². The van der Waals surface area contributed by atoms with Crippen LogP contribution in [-0.2, 0) is 16.1 Å². The monoisotopic (exact) mass is 386 g/mol. The average molecular weight is 387 g/mol. The molecule has 1 atom stereocenters. The van der Waals surface area contributed by atoms with Crippen molar-refractivity contribution in [3.8, 4) is 0 Å². The summed E-state index contributed by atoms with van der Waals surface area (Å²) in [4.78, 5) is 22.4. The fourth-order valence-electron chi connectivity index (χ4n) is 2.99. The van der Waals surface area contributed by atoms with E-state index >= 15 is 0 Å². The zero-order chi connectivity index (χ0) is 19.1. The number of carbonyl (C=O) groups is 1. The van der Waals surface area contributed by atoms with E-state index < -0.39 is 0 Å². The van der Waals surface area contributed by atoms with Gasteiger partial charge in [-0.1, -0.05) is 23.7 Å². The number of ether oxygens (including phenoxy) is 1. The Morgan fingerprint density at radius 3 is 2.85 bits per heavy atom. The number of benzene rings is 1. The number of esters is 1. The maximum Gasteiger partial charge on any atom is 0.330 e. The number of nitrogens with zero attached hydrogens (tertiary/aromatic N) is 3. The first-order valence-corrected chi connectivity index (χ1v) is 9.40. The summed E-state index contributed by atoms with van der Waals surface area (Å²) in [5.74, 6) is 0.356. The van der Waals surface area contributed by atoms with E-state index in [1.807, 2.05) is 12.1 Å². The van der Waals surface area contributed by atoms with Crippen LogP contribution in [0.5, 0.6) is 0 Å². The molecule has 1 fully saturated rings. The molecule has 6 nitrogen and oxygen atoms in total. The van der Waals surface area contributed by atoms with E-state index in [2.05, 4.69) is 32.3 Å². The minimum atomic E-state index is -0.381. The first-order valence-electron chi connectivity index (χ1n) is 9.02. The molecule has 0 amide bonds. The summed E-state index contributed by atoms with van der Waals surface area (Å²) in [5.41, 5.74) is 1.88. The molecule has 0 spiro atoms. The zero-order valence-electron chi connectivity index (χ0n) is 15.3. The lowest BCUT2D eigenvalue weighted by molar-refractivity contribution is -0.137. The Morgan fingerprint density at radius 2 is 2.15 bits per heavy atom. The average Bonchev–Trinajstić information content (AvgIpc) is 3.10. The number of carbonyl (C=O) groups excluding carboxylic acids is 1. The maximum atomic E-state index is 11.3. The summed E-state index contributed by atoms with van der Waals surface area (Å²) in [6, 6.07) is 8.33. The molecule has 3 rings (SSSR count). The molecule has 27 heavy (non-hydrogen) atoms. The van der Waals surface area contributed by atoms with Gasteiger partial charge in [-0.3, -0.25) is 9.88 Å². The van der Waals surface area contributed by atoms with Gasteiger partial charge >= 0.3 is 5.97 Å². The van der Waals surface area contributed by atoms with Crippen molar-refractivity contribution in [2.45, 2.75) is 25.9 Å². The van der Waals surface area contributed by atoms with E-state index in [0.29, 0.717) is 18.3 Å². The third kappa shape index (κ3) is 6.05.